The Hall–Kier alpha value is -4.18. The summed E-state index contributed by atoms with van der Waals surface area (Å²) in [6.07, 6.45) is 1.79. The molecule has 0 bridgehead atoms. The van der Waals surface area contributed by atoms with Gasteiger partial charge in [-0.05, 0) is 50.2 Å². The summed E-state index contributed by atoms with van der Waals surface area (Å²) in [7, 11) is 0. The summed E-state index contributed by atoms with van der Waals surface area (Å²) < 4.78 is 5.49. The van der Waals surface area contributed by atoms with Crippen molar-refractivity contribution < 1.29 is 14.3 Å². The Balaban J connectivity index is 1.18. The number of amides is 2. The number of morpholine rings is 1. The average molecular weight is 502 g/mol. The number of benzene rings is 2. The topological polar surface area (TPSA) is 112 Å². The van der Waals surface area contributed by atoms with Crippen molar-refractivity contribution in [1.82, 2.24) is 14.9 Å². The average Bonchev–Trinajstić information content (AvgIpc) is 2.88. The number of carbonyl (C=O) groups is 2. The number of hydrogen-bond donors (Lipinski definition) is 3. The van der Waals surface area contributed by atoms with E-state index in [1.165, 1.54) is 6.92 Å². The van der Waals surface area contributed by atoms with E-state index in [2.05, 4.69) is 31.9 Å². The highest BCUT2D eigenvalue weighted by Crippen LogP contribution is 2.29. The summed E-state index contributed by atoms with van der Waals surface area (Å²) >= 11 is 0. The van der Waals surface area contributed by atoms with Gasteiger partial charge in [0.05, 0.1) is 30.6 Å². The molecule has 2 aromatic carbocycles. The van der Waals surface area contributed by atoms with E-state index in [0.717, 1.165) is 35.8 Å². The lowest BCUT2D eigenvalue weighted by Crippen LogP contribution is -2.58. The Kier molecular flexibility index (Phi) is 7.18. The molecule has 0 spiro atoms. The second kappa shape index (κ2) is 10.8. The van der Waals surface area contributed by atoms with E-state index >= 15 is 0 Å². The van der Waals surface area contributed by atoms with Gasteiger partial charge in [0, 0.05) is 49.2 Å². The van der Waals surface area contributed by atoms with E-state index in [0.29, 0.717) is 43.5 Å². The second-order valence-electron chi connectivity index (χ2n) is 9.28. The van der Waals surface area contributed by atoms with Crippen LogP contribution in [0.4, 0.5) is 33.6 Å². The van der Waals surface area contributed by atoms with Gasteiger partial charge in [0.25, 0.3) is 0 Å². The van der Waals surface area contributed by atoms with Crippen molar-refractivity contribution in [2.24, 2.45) is 0 Å². The normalized spacial score (nSPS) is 15.6. The quantitative estimate of drug-likeness (QED) is 0.418. The molecule has 37 heavy (non-hydrogen) atoms. The highest BCUT2D eigenvalue weighted by atomic mass is 16.5. The molecule has 2 fully saturated rings. The molecule has 2 amide bonds. The molecule has 10 heteroatoms. The van der Waals surface area contributed by atoms with Gasteiger partial charge in [0.1, 0.15) is 5.82 Å². The van der Waals surface area contributed by atoms with Crippen LogP contribution in [-0.4, -0.2) is 72.1 Å². The van der Waals surface area contributed by atoms with Gasteiger partial charge in [0.15, 0.2) is 5.78 Å². The van der Waals surface area contributed by atoms with Crippen LogP contribution >= 0.6 is 0 Å². The van der Waals surface area contributed by atoms with Gasteiger partial charge in [-0.25, -0.2) is 9.78 Å². The molecule has 2 saturated heterocycles. The number of aromatic nitrogens is 2. The number of nitrogens with one attached hydrogen (secondary N) is 3. The van der Waals surface area contributed by atoms with Crippen molar-refractivity contribution in [3.05, 3.63) is 65.9 Å². The summed E-state index contributed by atoms with van der Waals surface area (Å²) in [6, 6.07) is 14.9. The number of ketones is 1. The number of rotatable bonds is 7. The van der Waals surface area contributed by atoms with E-state index in [-0.39, 0.29) is 17.9 Å². The molecule has 5 rings (SSSR count). The first-order chi connectivity index (χ1) is 18.0. The molecule has 0 saturated carbocycles. The van der Waals surface area contributed by atoms with Crippen LogP contribution in [0, 0.1) is 6.92 Å². The third kappa shape index (κ3) is 5.80. The molecule has 2 aliphatic heterocycles. The smallest absolute Gasteiger partial charge is 0.321 e. The van der Waals surface area contributed by atoms with Crippen LogP contribution in [0.3, 0.4) is 0 Å². The Morgan fingerprint density at radius 3 is 2.49 bits per heavy atom. The van der Waals surface area contributed by atoms with Crippen molar-refractivity contribution in [2.45, 2.75) is 19.9 Å². The van der Waals surface area contributed by atoms with E-state index in [9.17, 15) is 9.59 Å². The number of urea groups is 1. The molecule has 0 radical (unpaired) electrons. The molecule has 0 unspecified atom stereocenters. The Morgan fingerprint density at radius 2 is 1.76 bits per heavy atom. The number of likely N-dealkylation sites (tertiary alicyclic amines) is 1. The predicted molar refractivity (Wildman–Crippen MR) is 144 cm³/mol. The fourth-order valence-corrected chi connectivity index (χ4v) is 4.35. The maximum absolute atomic E-state index is 12.6. The summed E-state index contributed by atoms with van der Waals surface area (Å²) in [5, 5.41) is 9.69. The summed E-state index contributed by atoms with van der Waals surface area (Å²) in [5.74, 6) is 1.25. The number of para-hydroxylation sites is 2. The largest absolute Gasteiger partial charge is 0.378 e. The molecule has 10 nitrogen and oxygen atoms in total. The van der Waals surface area contributed by atoms with Crippen LogP contribution in [-0.2, 0) is 4.74 Å². The van der Waals surface area contributed by atoms with Crippen molar-refractivity contribution >= 4 is 40.6 Å². The third-order valence-corrected chi connectivity index (χ3v) is 6.53. The molecular weight excluding hydrogens is 470 g/mol. The SMILES string of the molecule is CC(=O)c1ccc(NC(=O)N2CC(Nc3nc(Nc4ccccc4N4CCOCC4)ncc3C)C2)cc1. The molecule has 0 atom stereocenters. The fourth-order valence-electron chi connectivity index (χ4n) is 4.35. The monoisotopic (exact) mass is 501 g/mol. The maximum atomic E-state index is 12.6. The fraction of sp³-hybridized carbons (Fsp3) is 0.333. The number of aryl methyl sites for hydroxylation is 1. The van der Waals surface area contributed by atoms with Crippen LogP contribution < -0.4 is 20.9 Å². The predicted octanol–water partition coefficient (Wildman–Crippen LogP) is 3.90. The van der Waals surface area contributed by atoms with Crippen LogP contribution in [0.15, 0.2) is 54.7 Å². The number of Topliss-reactive ketones (excluding diaryl/α,β-unsaturated/α-hetero) is 1. The van der Waals surface area contributed by atoms with E-state index < -0.39 is 0 Å². The van der Waals surface area contributed by atoms with Crippen molar-refractivity contribution in [3.63, 3.8) is 0 Å². The molecule has 2 aliphatic rings. The standard InChI is InChI=1S/C27H31N7O3/c1-18-15-28-26(31-23-5-3-4-6-24(23)33-11-13-37-14-12-33)32-25(18)29-22-16-34(17-22)27(36)30-21-9-7-20(8-10-21)19(2)35/h3-10,15,22H,11-14,16-17H2,1-2H3,(H,30,36)(H2,28,29,31,32). The molecule has 3 heterocycles. The zero-order chi connectivity index (χ0) is 25.8. The lowest BCUT2D eigenvalue weighted by Gasteiger charge is -2.39. The molecule has 3 N–H and O–H groups in total. The van der Waals surface area contributed by atoms with E-state index in [1.54, 1.807) is 35.4 Å². The summed E-state index contributed by atoms with van der Waals surface area (Å²) in [5.41, 5.74) is 4.25. The number of ether oxygens (including phenoxy) is 1. The zero-order valence-corrected chi connectivity index (χ0v) is 21.0. The molecular formula is C27H31N7O3. The summed E-state index contributed by atoms with van der Waals surface area (Å²) in [6.45, 7) is 7.71. The Morgan fingerprint density at radius 1 is 1.03 bits per heavy atom. The van der Waals surface area contributed by atoms with Crippen molar-refractivity contribution in [2.75, 3.05) is 60.2 Å². The highest BCUT2D eigenvalue weighted by Gasteiger charge is 2.31. The highest BCUT2D eigenvalue weighted by molar-refractivity contribution is 5.95. The zero-order valence-electron chi connectivity index (χ0n) is 21.0. The number of hydrogen-bond acceptors (Lipinski definition) is 8. The van der Waals surface area contributed by atoms with E-state index in [4.69, 9.17) is 9.72 Å². The van der Waals surface area contributed by atoms with Crippen molar-refractivity contribution in [3.8, 4) is 0 Å². The van der Waals surface area contributed by atoms with Crippen molar-refractivity contribution in [1.29, 1.82) is 0 Å². The van der Waals surface area contributed by atoms with Gasteiger partial charge >= 0.3 is 6.03 Å². The number of anilines is 5. The van der Waals surface area contributed by atoms with Gasteiger partial charge in [0.2, 0.25) is 5.95 Å². The first kappa shape index (κ1) is 24.5. The molecule has 3 aromatic rings. The lowest BCUT2D eigenvalue weighted by atomic mass is 10.1. The molecule has 0 aliphatic carbocycles. The Labute approximate surface area is 216 Å². The van der Waals surface area contributed by atoms with E-state index in [1.807, 2.05) is 25.1 Å². The van der Waals surface area contributed by atoms with Crippen LogP contribution in [0.2, 0.25) is 0 Å². The molecule has 192 valence electrons. The second-order valence-corrected chi connectivity index (χ2v) is 9.28. The third-order valence-electron chi connectivity index (χ3n) is 6.53. The van der Waals surface area contributed by atoms with Crippen LogP contribution in [0.5, 0.6) is 0 Å². The minimum atomic E-state index is -0.171. The van der Waals surface area contributed by atoms with Crippen LogP contribution in [0.1, 0.15) is 22.8 Å². The van der Waals surface area contributed by atoms with Gasteiger partial charge < -0.3 is 30.5 Å². The lowest BCUT2D eigenvalue weighted by molar-refractivity contribution is 0.101. The first-order valence-corrected chi connectivity index (χ1v) is 12.4. The Bertz CT molecular complexity index is 1270. The van der Waals surface area contributed by atoms with Crippen LogP contribution in [0.25, 0.3) is 0 Å². The minimum absolute atomic E-state index is 0.00535. The van der Waals surface area contributed by atoms with Gasteiger partial charge in [-0.2, -0.15) is 4.98 Å². The number of carbonyl (C=O) groups excluding carboxylic acids is 2. The van der Waals surface area contributed by atoms with Gasteiger partial charge in [-0.3, -0.25) is 4.79 Å². The molecule has 1 aromatic heterocycles. The first-order valence-electron chi connectivity index (χ1n) is 12.4. The minimum Gasteiger partial charge on any atom is -0.378 e. The maximum Gasteiger partial charge on any atom is 0.321 e. The van der Waals surface area contributed by atoms with Gasteiger partial charge in [-0.15, -0.1) is 0 Å². The van der Waals surface area contributed by atoms with Gasteiger partial charge in [-0.1, -0.05) is 12.1 Å². The number of nitrogens with zero attached hydrogens (tertiary/aromatic N) is 4. The summed E-state index contributed by atoms with van der Waals surface area (Å²) in [4.78, 5) is 37.2.